The highest BCUT2D eigenvalue weighted by Gasteiger charge is 2.28. The van der Waals surface area contributed by atoms with E-state index in [-0.39, 0.29) is 0 Å². The van der Waals surface area contributed by atoms with Crippen LogP contribution in [0.15, 0.2) is 24.3 Å². The molecule has 0 aliphatic carbocycles. The van der Waals surface area contributed by atoms with Gasteiger partial charge in [0.2, 0.25) is 5.91 Å². The molecule has 6 heteroatoms. The summed E-state index contributed by atoms with van der Waals surface area (Å²) in [5.74, 6) is -0.597. The minimum atomic E-state index is -1.29. The van der Waals surface area contributed by atoms with Crippen LogP contribution in [-0.2, 0) is 4.79 Å². The van der Waals surface area contributed by atoms with Crippen molar-refractivity contribution in [2.75, 3.05) is 6.61 Å². The molecule has 0 radical (unpaired) electrons. The van der Waals surface area contributed by atoms with Crippen LogP contribution in [0.3, 0.4) is 0 Å². The highest BCUT2D eigenvalue weighted by Crippen LogP contribution is 2.16. The zero-order valence-electron chi connectivity index (χ0n) is 34.6. The Bertz CT molecular complexity index is 787. The summed E-state index contributed by atoms with van der Waals surface area (Å²) in [6.07, 6.45) is 46.5. The van der Waals surface area contributed by atoms with Gasteiger partial charge in [-0.2, -0.15) is 0 Å². The van der Waals surface area contributed by atoms with Crippen LogP contribution < -0.4 is 5.32 Å². The molecule has 0 saturated heterocycles. The number of aliphatic hydroxyl groups excluding tert-OH is 4. The number of rotatable bonds is 41. The van der Waals surface area contributed by atoms with E-state index in [1.165, 1.54) is 161 Å². The lowest BCUT2D eigenvalue weighted by Crippen LogP contribution is -2.53. The zero-order chi connectivity index (χ0) is 38.2. The molecule has 4 unspecified atom stereocenters. The van der Waals surface area contributed by atoms with E-state index in [0.717, 1.165) is 38.5 Å². The fourth-order valence-corrected chi connectivity index (χ4v) is 7.01. The highest BCUT2D eigenvalue weighted by atomic mass is 16.3. The predicted molar refractivity (Wildman–Crippen MR) is 224 cm³/mol. The molecule has 0 aliphatic heterocycles. The second kappa shape index (κ2) is 41.0. The molecule has 4 atom stereocenters. The summed E-state index contributed by atoms with van der Waals surface area (Å²) < 4.78 is 0. The van der Waals surface area contributed by atoms with Crippen LogP contribution in [-0.4, -0.2) is 57.3 Å². The summed E-state index contributed by atoms with van der Waals surface area (Å²) >= 11 is 0. The van der Waals surface area contributed by atoms with Crippen molar-refractivity contribution < 1.29 is 25.2 Å². The Morgan fingerprint density at radius 2 is 0.808 bits per heavy atom. The van der Waals surface area contributed by atoms with Crippen molar-refractivity contribution >= 4 is 5.91 Å². The van der Waals surface area contributed by atoms with E-state index in [1.807, 2.05) is 0 Å². The number of allylic oxidation sites excluding steroid dienone is 4. The molecule has 0 aliphatic rings. The van der Waals surface area contributed by atoms with Gasteiger partial charge >= 0.3 is 0 Å². The molecule has 1 amide bonds. The third kappa shape index (κ3) is 34.6. The molecule has 0 spiro atoms. The topological polar surface area (TPSA) is 110 Å². The number of carbonyl (C=O) groups excluding carboxylic acids is 1. The van der Waals surface area contributed by atoms with Crippen LogP contribution in [0.5, 0.6) is 0 Å². The van der Waals surface area contributed by atoms with Crippen LogP contribution in [0, 0.1) is 0 Å². The van der Waals surface area contributed by atoms with Gasteiger partial charge in [0.1, 0.15) is 12.2 Å². The van der Waals surface area contributed by atoms with Gasteiger partial charge in [-0.1, -0.05) is 205 Å². The van der Waals surface area contributed by atoms with E-state index in [4.69, 9.17) is 0 Å². The van der Waals surface area contributed by atoms with Gasteiger partial charge in [0.05, 0.1) is 18.8 Å². The monoisotopic (exact) mass is 736 g/mol. The van der Waals surface area contributed by atoms with E-state index in [9.17, 15) is 25.2 Å². The summed E-state index contributed by atoms with van der Waals surface area (Å²) in [7, 11) is 0. The highest BCUT2D eigenvalue weighted by molar-refractivity contribution is 5.80. The van der Waals surface area contributed by atoms with Crippen molar-refractivity contribution in [1.82, 2.24) is 5.32 Å². The second-order valence-electron chi connectivity index (χ2n) is 15.7. The maximum Gasteiger partial charge on any atom is 0.249 e. The Morgan fingerprint density at radius 3 is 1.21 bits per heavy atom. The largest absolute Gasteiger partial charge is 0.394 e. The first-order chi connectivity index (χ1) is 25.5. The molecule has 0 heterocycles. The molecule has 0 fully saturated rings. The predicted octanol–water partition coefficient (Wildman–Crippen LogP) is 12.0. The fraction of sp³-hybridized carbons (Fsp3) is 0.891. The van der Waals surface area contributed by atoms with Gasteiger partial charge in [0, 0.05) is 0 Å². The zero-order valence-corrected chi connectivity index (χ0v) is 34.6. The average Bonchev–Trinajstić information content (AvgIpc) is 3.15. The Hall–Kier alpha value is -1.21. The van der Waals surface area contributed by atoms with Gasteiger partial charge in [-0.3, -0.25) is 4.79 Å². The molecular weight excluding hydrogens is 647 g/mol. The maximum absolute atomic E-state index is 12.5. The van der Waals surface area contributed by atoms with Crippen LogP contribution >= 0.6 is 0 Å². The SMILES string of the molecule is CCCCCCCCCCCCCCCCC/C=C/CC/C=C/CCCC(O)C(O)C(CO)NC(=O)C(O)CCCCCCCCCCCCCC. The summed E-state index contributed by atoms with van der Waals surface area (Å²) in [5, 5.41) is 43.6. The number of hydrogen-bond donors (Lipinski definition) is 5. The Labute approximate surface area is 323 Å². The van der Waals surface area contributed by atoms with Crippen molar-refractivity contribution in [3.8, 4) is 0 Å². The molecular formula is C46H89NO5. The van der Waals surface area contributed by atoms with Gasteiger partial charge < -0.3 is 25.7 Å². The number of nitrogens with one attached hydrogen (secondary N) is 1. The fourth-order valence-electron chi connectivity index (χ4n) is 7.01. The van der Waals surface area contributed by atoms with Gasteiger partial charge in [0.15, 0.2) is 0 Å². The van der Waals surface area contributed by atoms with Gasteiger partial charge in [0.25, 0.3) is 0 Å². The molecule has 0 bridgehead atoms. The molecule has 5 N–H and O–H groups in total. The van der Waals surface area contributed by atoms with Crippen LogP contribution in [0.1, 0.15) is 232 Å². The Kier molecular flexibility index (Phi) is 40.0. The second-order valence-corrected chi connectivity index (χ2v) is 15.7. The Balaban J connectivity index is 3.75. The van der Waals surface area contributed by atoms with Crippen molar-refractivity contribution in [2.24, 2.45) is 0 Å². The first kappa shape index (κ1) is 50.8. The van der Waals surface area contributed by atoms with Gasteiger partial charge in [-0.15, -0.1) is 0 Å². The quantitative estimate of drug-likeness (QED) is 0.0317. The lowest BCUT2D eigenvalue weighted by Gasteiger charge is -2.27. The lowest BCUT2D eigenvalue weighted by molar-refractivity contribution is -0.132. The summed E-state index contributed by atoms with van der Waals surface area (Å²) in [4.78, 5) is 12.5. The Morgan fingerprint density at radius 1 is 0.462 bits per heavy atom. The number of hydrogen-bond acceptors (Lipinski definition) is 5. The van der Waals surface area contributed by atoms with Crippen molar-refractivity contribution in [3.63, 3.8) is 0 Å². The van der Waals surface area contributed by atoms with Crippen LogP contribution in [0.2, 0.25) is 0 Å². The smallest absolute Gasteiger partial charge is 0.249 e. The normalized spacial score (nSPS) is 14.3. The molecule has 6 nitrogen and oxygen atoms in total. The number of unbranched alkanes of at least 4 members (excludes halogenated alkanes) is 28. The summed E-state index contributed by atoms with van der Waals surface area (Å²) in [5.41, 5.74) is 0. The van der Waals surface area contributed by atoms with E-state index in [1.54, 1.807) is 0 Å². The maximum atomic E-state index is 12.5. The first-order valence-electron chi connectivity index (χ1n) is 22.7. The number of aliphatic hydroxyl groups is 4. The molecule has 0 aromatic rings. The molecule has 52 heavy (non-hydrogen) atoms. The third-order valence-corrected chi connectivity index (χ3v) is 10.6. The van der Waals surface area contributed by atoms with Crippen LogP contribution in [0.25, 0.3) is 0 Å². The minimum Gasteiger partial charge on any atom is -0.394 e. The van der Waals surface area contributed by atoms with Crippen molar-refractivity contribution in [2.45, 2.75) is 257 Å². The lowest BCUT2D eigenvalue weighted by atomic mass is 10.00. The van der Waals surface area contributed by atoms with E-state index in [2.05, 4.69) is 43.5 Å². The summed E-state index contributed by atoms with van der Waals surface area (Å²) in [6.45, 7) is 4.03. The van der Waals surface area contributed by atoms with Gasteiger partial charge in [-0.05, 0) is 51.4 Å². The van der Waals surface area contributed by atoms with Crippen LogP contribution in [0.4, 0.5) is 0 Å². The molecule has 308 valence electrons. The molecule has 0 rings (SSSR count). The summed E-state index contributed by atoms with van der Waals surface area (Å²) in [6, 6.07) is -1.00. The van der Waals surface area contributed by atoms with E-state index < -0.39 is 36.9 Å². The number of carbonyl (C=O) groups is 1. The average molecular weight is 736 g/mol. The molecule has 0 aromatic heterocycles. The third-order valence-electron chi connectivity index (χ3n) is 10.6. The number of amides is 1. The minimum absolute atomic E-state index is 0.363. The van der Waals surface area contributed by atoms with Gasteiger partial charge in [-0.25, -0.2) is 0 Å². The first-order valence-corrected chi connectivity index (χ1v) is 22.7. The van der Waals surface area contributed by atoms with Crippen molar-refractivity contribution in [3.05, 3.63) is 24.3 Å². The van der Waals surface area contributed by atoms with E-state index in [0.29, 0.717) is 19.3 Å². The standard InChI is InChI=1S/C46H89NO5/c1-3-5-7-9-11-13-15-17-18-19-20-21-22-23-24-25-26-27-28-30-31-33-35-37-39-43(49)45(51)42(41-48)47-46(52)44(50)40-38-36-34-32-29-16-14-12-10-8-6-4-2/h26-27,31,33,42-45,48-51H,3-25,28-30,32,34-41H2,1-2H3,(H,47,52)/b27-26+,33-31+. The van der Waals surface area contributed by atoms with Crippen molar-refractivity contribution in [1.29, 1.82) is 0 Å². The van der Waals surface area contributed by atoms with E-state index >= 15 is 0 Å². The molecule has 0 saturated carbocycles. The molecule has 0 aromatic carbocycles.